The Morgan fingerprint density at radius 1 is 1.35 bits per heavy atom. The minimum absolute atomic E-state index is 0.0569. The Kier molecular flexibility index (Phi) is 5.40. The Morgan fingerprint density at radius 2 is 1.88 bits per heavy atom. The van der Waals surface area contributed by atoms with Gasteiger partial charge in [-0.3, -0.25) is 4.79 Å². The predicted molar refractivity (Wildman–Crippen MR) is 69.0 cm³/mol. The topological polar surface area (TPSA) is 41.6 Å². The molecule has 1 fully saturated rings. The van der Waals surface area contributed by atoms with Crippen LogP contribution in [0.2, 0.25) is 0 Å². The van der Waals surface area contributed by atoms with Gasteiger partial charge in [0.15, 0.2) is 0 Å². The third kappa shape index (κ3) is 3.96. The predicted octanol–water partition coefficient (Wildman–Crippen LogP) is 1.40. The van der Waals surface area contributed by atoms with E-state index < -0.39 is 0 Å². The summed E-state index contributed by atoms with van der Waals surface area (Å²) >= 11 is 0. The second-order valence-corrected chi connectivity index (χ2v) is 5.07. The van der Waals surface area contributed by atoms with Gasteiger partial charge in [-0.05, 0) is 26.7 Å². The molecule has 1 heterocycles. The third-order valence-corrected chi connectivity index (χ3v) is 3.82. The van der Waals surface area contributed by atoms with E-state index in [1.54, 1.807) is 0 Å². The summed E-state index contributed by atoms with van der Waals surface area (Å²) in [4.78, 5) is 14.1. The van der Waals surface area contributed by atoms with Crippen molar-refractivity contribution < 1.29 is 9.53 Å². The van der Waals surface area contributed by atoms with Crippen molar-refractivity contribution in [2.45, 2.75) is 52.1 Å². The summed E-state index contributed by atoms with van der Waals surface area (Å²) in [6, 6.07) is -0.113. The smallest absolute Gasteiger partial charge is 0.239 e. The van der Waals surface area contributed by atoms with Crippen LogP contribution in [0.4, 0.5) is 0 Å². The van der Waals surface area contributed by atoms with Crippen LogP contribution in [0.3, 0.4) is 0 Å². The maximum Gasteiger partial charge on any atom is 0.239 e. The molecule has 100 valence electrons. The normalized spacial score (nSPS) is 19.2. The fraction of sp³-hybridized carbons (Fsp3) is 0.923. The van der Waals surface area contributed by atoms with Crippen LogP contribution in [0, 0.1) is 0 Å². The van der Waals surface area contributed by atoms with E-state index >= 15 is 0 Å². The highest BCUT2D eigenvalue weighted by atomic mass is 16.5. The highest BCUT2D eigenvalue weighted by Gasteiger charge is 2.28. The van der Waals surface area contributed by atoms with Gasteiger partial charge in [0.1, 0.15) is 0 Å². The number of carbonyl (C=O) groups excluding carboxylic acids is 1. The van der Waals surface area contributed by atoms with Crippen LogP contribution in [0.1, 0.15) is 40.5 Å². The van der Waals surface area contributed by atoms with E-state index in [1.807, 2.05) is 11.8 Å². The van der Waals surface area contributed by atoms with Crippen LogP contribution in [-0.4, -0.2) is 48.7 Å². The molecule has 0 aliphatic carbocycles. The van der Waals surface area contributed by atoms with E-state index in [-0.39, 0.29) is 17.5 Å². The average Bonchev–Trinajstić information content (AvgIpc) is 2.38. The molecule has 0 aromatic heterocycles. The SMILES string of the molecule is CCC(C)(CC)NC(C)C(=O)N1CCOCC1. The first-order chi connectivity index (χ1) is 8.02. The summed E-state index contributed by atoms with van der Waals surface area (Å²) in [5.74, 6) is 0.196. The summed E-state index contributed by atoms with van der Waals surface area (Å²) in [5, 5.41) is 3.46. The number of rotatable bonds is 5. The highest BCUT2D eigenvalue weighted by Crippen LogP contribution is 2.15. The molecule has 1 aliphatic heterocycles. The maximum absolute atomic E-state index is 12.2. The first-order valence-electron chi connectivity index (χ1n) is 6.66. The van der Waals surface area contributed by atoms with Gasteiger partial charge >= 0.3 is 0 Å². The number of ether oxygens (including phenoxy) is 1. The van der Waals surface area contributed by atoms with Gasteiger partial charge in [0.2, 0.25) is 5.91 Å². The zero-order valence-electron chi connectivity index (χ0n) is 11.6. The molecule has 0 aromatic carbocycles. The quantitative estimate of drug-likeness (QED) is 0.792. The monoisotopic (exact) mass is 242 g/mol. The molecular weight excluding hydrogens is 216 g/mol. The van der Waals surface area contributed by atoms with Gasteiger partial charge in [-0.25, -0.2) is 0 Å². The fourth-order valence-corrected chi connectivity index (χ4v) is 2.10. The Labute approximate surface area is 105 Å². The first-order valence-corrected chi connectivity index (χ1v) is 6.66. The van der Waals surface area contributed by atoms with Gasteiger partial charge in [0, 0.05) is 18.6 Å². The zero-order valence-corrected chi connectivity index (χ0v) is 11.6. The Morgan fingerprint density at radius 3 is 2.35 bits per heavy atom. The molecule has 1 unspecified atom stereocenters. The van der Waals surface area contributed by atoms with E-state index in [2.05, 4.69) is 26.1 Å². The lowest BCUT2D eigenvalue weighted by Crippen LogP contribution is -2.55. The van der Waals surface area contributed by atoms with Crippen LogP contribution in [0.25, 0.3) is 0 Å². The lowest BCUT2D eigenvalue weighted by molar-refractivity contribution is -0.137. The second kappa shape index (κ2) is 6.36. The lowest BCUT2D eigenvalue weighted by atomic mass is 9.94. The Balaban J connectivity index is 2.50. The second-order valence-electron chi connectivity index (χ2n) is 5.07. The summed E-state index contributed by atoms with van der Waals surface area (Å²) < 4.78 is 5.26. The van der Waals surface area contributed by atoms with Gasteiger partial charge < -0.3 is 15.0 Å². The molecule has 0 bridgehead atoms. The summed E-state index contributed by atoms with van der Waals surface area (Å²) in [7, 11) is 0. The number of hydrogen-bond donors (Lipinski definition) is 1. The van der Waals surface area contributed by atoms with Crippen molar-refractivity contribution >= 4 is 5.91 Å². The molecule has 0 saturated carbocycles. The molecule has 4 heteroatoms. The standard InChI is InChI=1S/C13H26N2O2/c1-5-13(4,6-2)14-11(3)12(16)15-7-9-17-10-8-15/h11,14H,5-10H2,1-4H3. The minimum atomic E-state index is -0.113. The summed E-state index contributed by atoms with van der Waals surface area (Å²) in [5.41, 5.74) is 0.0569. The molecule has 4 nitrogen and oxygen atoms in total. The fourth-order valence-electron chi connectivity index (χ4n) is 2.10. The van der Waals surface area contributed by atoms with Crippen molar-refractivity contribution in [2.24, 2.45) is 0 Å². The summed E-state index contributed by atoms with van der Waals surface area (Å²) in [6.07, 6.45) is 2.06. The molecule has 1 rings (SSSR count). The van der Waals surface area contributed by atoms with Gasteiger partial charge in [-0.2, -0.15) is 0 Å². The average molecular weight is 242 g/mol. The van der Waals surface area contributed by atoms with Crippen LogP contribution >= 0.6 is 0 Å². The minimum Gasteiger partial charge on any atom is -0.378 e. The Bertz CT molecular complexity index is 246. The number of carbonyl (C=O) groups is 1. The molecule has 1 N–H and O–H groups in total. The van der Waals surface area contributed by atoms with Gasteiger partial charge in [-0.15, -0.1) is 0 Å². The zero-order chi connectivity index (χ0) is 12.9. The molecule has 1 amide bonds. The molecule has 0 aromatic rings. The largest absolute Gasteiger partial charge is 0.378 e. The van der Waals surface area contributed by atoms with Crippen LogP contribution in [-0.2, 0) is 9.53 Å². The van der Waals surface area contributed by atoms with Crippen LogP contribution < -0.4 is 5.32 Å². The summed E-state index contributed by atoms with van der Waals surface area (Å²) in [6.45, 7) is 11.2. The first kappa shape index (κ1) is 14.5. The molecule has 1 aliphatic rings. The van der Waals surface area contributed by atoms with Crippen LogP contribution in [0.5, 0.6) is 0 Å². The van der Waals surface area contributed by atoms with Gasteiger partial charge in [-0.1, -0.05) is 13.8 Å². The van der Waals surface area contributed by atoms with Crippen LogP contribution in [0.15, 0.2) is 0 Å². The molecular formula is C13H26N2O2. The maximum atomic E-state index is 12.2. The number of hydrogen-bond acceptors (Lipinski definition) is 3. The van der Waals surface area contributed by atoms with E-state index in [0.717, 1.165) is 25.9 Å². The number of amides is 1. The van der Waals surface area contributed by atoms with Crippen molar-refractivity contribution in [3.05, 3.63) is 0 Å². The molecule has 17 heavy (non-hydrogen) atoms. The molecule has 1 atom stereocenters. The highest BCUT2D eigenvalue weighted by molar-refractivity contribution is 5.81. The van der Waals surface area contributed by atoms with E-state index in [0.29, 0.717) is 13.2 Å². The van der Waals surface area contributed by atoms with Crippen molar-refractivity contribution in [2.75, 3.05) is 26.3 Å². The van der Waals surface area contributed by atoms with Crippen molar-refractivity contribution in [1.82, 2.24) is 10.2 Å². The van der Waals surface area contributed by atoms with Gasteiger partial charge in [0.25, 0.3) is 0 Å². The van der Waals surface area contributed by atoms with Crippen molar-refractivity contribution in [3.8, 4) is 0 Å². The van der Waals surface area contributed by atoms with E-state index in [1.165, 1.54) is 0 Å². The van der Waals surface area contributed by atoms with E-state index in [4.69, 9.17) is 4.74 Å². The number of nitrogens with one attached hydrogen (secondary N) is 1. The van der Waals surface area contributed by atoms with Gasteiger partial charge in [0.05, 0.1) is 19.3 Å². The Hall–Kier alpha value is -0.610. The molecule has 1 saturated heterocycles. The third-order valence-electron chi connectivity index (χ3n) is 3.82. The molecule has 0 radical (unpaired) electrons. The lowest BCUT2D eigenvalue weighted by Gasteiger charge is -2.35. The molecule has 0 spiro atoms. The van der Waals surface area contributed by atoms with Crippen molar-refractivity contribution in [3.63, 3.8) is 0 Å². The number of nitrogens with zero attached hydrogens (tertiary/aromatic N) is 1. The number of morpholine rings is 1. The van der Waals surface area contributed by atoms with E-state index in [9.17, 15) is 4.79 Å². The van der Waals surface area contributed by atoms with Crippen molar-refractivity contribution in [1.29, 1.82) is 0 Å².